The van der Waals surface area contributed by atoms with Gasteiger partial charge in [-0.25, -0.2) is 0 Å². The summed E-state index contributed by atoms with van der Waals surface area (Å²) >= 11 is 7.60. The van der Waals surface area contributed by atoms with Crippen LogP contribution in [0.5, 0.6) is 0 Å². The van der Waals surface area contributed by atoms with Crippen LogP contribution in [-0.4, -0.2) is 70.2 Å². The minimum absolute atomic E-state index is 0.00889. The van der Waals surface area contributed by atoms with Crippen LogP contribution < -0.4 is 5.32 Å². The van der Waals surface area contributed by atoms with Crippen molar-refractivity contribution < 1.29 is 9.53 Å². The Balaban J connectivity index is 1.54. The van der Waals surface area contributed by atoms with Gasteiger partial charge in [0.1, 0.15) is 6.33 Å². The van der Waals surface area contributed by atoms with Gasteiger partial charge in [-0.3, -0.25) is 14.3 Å². The number of hydrogen-bond donors (Lipinski definition) is 1. The molecule has 0 radical (unpaired) electrons. The Labute approximate surface area is 181 Å². The van der Waals surface area contributed by atoms with E-state index in [1.54, 1.807) is 6.33 Å². The van der Waals surface area contributed by atoms with E-state index in [-0.39, 0.29) is 11.7 Å². The maximum Gasteiger partial charge on any atom is 0.230 e. The minimum Gasteiger partial charge on any atom is -0.379 e. The fourth-order valence-corrected chi connectivity index (χ4v) is 4.26. The molecule has 9 heteroatoms. The number of carbonyl (C=O) groups excluding carboxylic acids is 1. The second kappa shape index (κ2) is 10.4. The van der Waals surface area contributed by atoms with Gasteiger partial charge >= 0.3 is 0 Å². The van der Waals surface area contributed by atoms with Crippen molar-refractivity contribution in [3.05, 3.63) is 35.1 Å². The van der Waals surface area contributed by atoms with Crippen LogP contribution in [0.4, 0.5) is 0 Å². The Morgan fingerprint density at radius 3 is 2.79 bits per heavy atom. The van der Waals surface area contributed by atoms with Crippen LogP contribution in [-0.2, 0) is 9.53 Å². The first kappa shape index (κ1) is 22.1. The van der Waals surface area contributed by atoms with Gasteiger partial charge in [-0.2, -0.15) is 0 Å². The third-order valence-electron chi connectivity index (χ3n) is 5.08. The molecule has 3 rings (SSSR count). The van der Waals surface area contributed by atoms with Crippen LogP contribution in [0, 0.1) is 12.8 Å². The molecule has 7 nitrogen and oxygen atoms in total. The zero-order valence-corrected chi connectivity index (χ0v) is 18.7. The molecule has 1 saturated heterocycles. The number of nitrogens with one attached hydrogen (secondary N) is 1. The molecule has 1 fully saturated rings. The van der Waals surface area contributed by atoms with Gasteiger partial charge in [-0.05, 0) is 30.5 Å². The van der Waals surface area contributed by atoms with Crippen molar-refractivity contribution in [1.29, 1.82) is 0 Å². The quantitative estimate of drug-likeness (QED) is 0.640. The maximum atomic E-state index is 12.4. The Hall–Kier alpha value is -1.61. The number of nitrogens with zero attached hydrogens (tertiary/aromatic N) is 4. The zero-order chi connectivity index (χ0) is 20.8. The largest absolute Gasteiger partial charge is 0.379 e. The standard InChI is InChI=1S/C20H28ClN5O2S/c1-14(2)18(25-6-8-28-9-7-25)11-22-19(27)12-29-20-24-23-13-26(20)16-5-4-15(3)17(21)10-16/h4-5,10,13-14,18H,6-9,11-12H2,1-3H3,(H,22,27). The molecule has 1 aromatic carbocycles. The van der Waals surface area contributed by atoms with Crippen molar-refractivity contribution in [2.75, 3.05) is 38.6 Å². The van der Waals surface area contributed by atoms with Crippen molar-refractivity contribution in [2.45, 2.75) is 32.0 Å². The van der Waals surface area contributed by atoms with Crippen LogP contribution in [0.15, 0.2) is 29.7 Å². The van der Waals surface area contributed by atoms with Crippen molar-refractivity contribution in [1.82, 2.24) is 25.0 Å². The van der Waals surface area contributed by atoms with E-state index < -0.39 is 0 Å². The molecule has 2 aromatic rings. The summed E-state index contributed by atoms with van der Waals surface area (Å²) in [7, 11) is 0. The third-order valence-corrected chi connectivity index (χ3v) is 6.43. The average Bonchev–Trinajstić information content (AvgIpc) is 3.18. The first-order chi connectivity index (χ1) is 14.0. The highest BCUT2D eigenvalue weighted by atomic mass is 35.5. The zero-order valence-electron chi connectivity index (χ0n) is 17.1. The number of halogens is 1. The van der Waals surface area contributed by atoms with E-state index in [4.69, 9.17) is 16.3 Å². The van der Waals surface area contributed by atoms with Crippen LogP contribution in [0.1, 0.15) is 19.4 Å². The number of ether oxygens (including phenoxy) is 1. The summed E-state index contributed by atoms with van der Waals surface area (Å²) in [6.07, 6.45) is 1.63. The van der Waals surface area contributed by atoms with Crippen molar-refractivity contribution in [2.24, 2.45) is 5.92 Å². The molecule has 1 aromatic heterocycles. The van der Waals surface area contributed by atoms with E-state index in [9.17, 15) is 4.79 Å². The topological polar surface area (TPSA) is 72.3 Å². The Morgan fingerprint density at radius 2 is 2.10 bits per heavy atom. The SMILES string of the molecule is Cc1ccc(-n2cnnc2SCC(=O)NCC(C(C)C)N2CCOCC2)cc1Cl. The molecule has 0 saturated carbocycles. The summed E-state index contributed by atoms with van der Waals surface area (Å²) in [6, 6.07) is 6.10. The highest BCUT2D eigenvalue weighted by Crippen LogP contribution is 2.23. The number of thioether (sulfide) groups is 1. The summed E-state index contributed by atoms with van der Waals surface area (Å²) in [5, 5.41) is 12.6. The summed E-state index contributed by atoms with van der Waals surface area (Å²) < 4.78 is 7.28. The lowest BCUT2D eigenvalue weighted by Crippen LogP contribution is -2.51. The molecule has 1 atom stereocenters. The first-order valence-electron chi connectivity index (χ1n) is 9.83. The second-order valence-electron chi connectivity index (χ2n) is 7.47. The van der Waals surface area contributed by atoms with Crippen LogP contribution in [0.25, 0.3) is 5.69 Å². The molecular weight excluding hydrogens is 410 g/mol. The van der Waals surface area contributed by atoms with Crippen LogP contribution in [0.3, 0.4) is 0 Å². The summed E-state index contributed by atoms with van der Waals surface area (Å²) in [5.74, 6) is 0.729. The lowest BCUT2D eigenvalue weighted by atomic mass is 10.0. The third kappa shape index (κ3) is 5.94. The van der Waals surface area contributed by atoms with Crippen molar-refractivity contribution in [3.63, 3.8) is 0 Å². The van der Waals surface area contributed by atoms with E-state index >= 15 is 0 Å². The highest BCUT2D eigenvalue weighted by Gasteiger charge is 2.24. The van der Waals surface area contributed by atoms with Gasteiger partial charge in [0.15, 0.2) is 5.16 Å². The number of hydrogen-bond acceptors (Lipinski definition) is 6. The number of aryl methyl sites for hydroxylation is 1. The van der Waals surface area contributed by atoms with Crippen molar-refractivity contribution >= 4 is 29.3 Å². The van der Waals surface area contributed by atoms with E-state index in [0.717, 1.165) is 37.6 Å². The normalized spacial score (nSPS) is 16.2. The minimum atomic E-state index is -0.00889. The molecule has 29 heavy (non-hydrogen) atoms. The number of carbonyl (C=O) groups is 1. The van der Waals surface area contributed by atoms with Gasteiger partial charge < -0.3 is 10.1 Å². The second-order valence-corrected chi connectivity index (χ2v) is 8.82. The monoisotopic (exact) mass is 437 g/mol. The fraction of sp³-hybridized carbons (Fsp3) is 0.550. The van der Waals surface area contributed by atoms with E-state index in [1.807, 2.05) is 29.7 Å². The van der Waals surface area contributed by atoms with Crippen LogP contribution >= 0.6 is 23.4 Å². The molecule has 0 bridgehead atoms. The van der Waals surface area contributed by atoms with Gasteiger partial charge in [-0.15, -0.1) is 10.2 Å². The average molecular weight is 438 g/mol. The first-order valence-corrected chi connectivity index (χ1v) is 11.2. The molecule has 0 aliphatic carbocycles. The van der Waals surface area contributed by atoms with Gasteiger partial charge in [0, 0.05) is 30.7 Å². The summed E-state index contributed by atoms with van der Waals surface area (Å²) in [5.41, 5.74) is 1.89. The van der Waals surface area contributed by atoms with E-state index in [0.29, 0.717) is 28.7 Å². The van der Waals surface area contributed by atoms with E-state index in [2.05, 4.69) is 34.3 Å². The Morgan fingerprint density at radius 1 is 1.34 bits per heavy atom. The number of morpholine rings is 1. The lowest BCUT2D eigenvalue weighted by molar-refractivity contribution is -0.119. The molecule has 0 spiro atoms. The summed E-state index contributed by atoms with van der Waals surface area (Å²) in [4.78, 5) is 14.8. The summed E-state index contributed by atoms with van der Waals surface area (Å²) in [6.45, 7) is 10.3. The smallest absolute Gasteiger partial charge is 0.230 e. The molecule has 1 aliphatic rings. The molecule has 1 amide bonds. The number of benzene rings is 1. The number of rotatable bonds is 8. The van der Waals surface area contributed by atoms with Gasteiger partial charge in [0.2, 0.25) is 5.91 Å². The lowest BCUT2D eigenvalue weighted by Gasteiger charge is -2.36. The number of aromatic nitrogens is 3. The molecule has 2 heterocycles. The van der Waals surface area contributed by atoms with Gasteiger partial charge in [-0.1, -0.05) is 43.3 Å². The van der Waals surface area contributed by atoms with Crippen LogP contribution in [0.2, 0.25) is 5.02 Å². The maximum absolute atomic E-state index is 12.4. The molecule has 1 aliphatic heterocycles. The fourth-order valence-electron chi connectivity index (χ4n) is 3.33. The number of amides is 1. The van der Waals surface area contributed by atoms with Gasteiger partial charge in [0.05, 0.1) is 24.7 Å². The highest BCUT2D eigenvalue weighted by molar-refractivity contribution is 7.99. The Kier molecular flexibility index (Phi) is 7.94. The predicted octanol–water partition coefficient (Wildman–Crippen LogP) is 2.79. The molecule has 158 valence electrons. The Bertz CT molecular complexity index is 823. The molecule has 1 unspecified atom stereocenters. The molecule has 1 N–H and O–H groups in total. The van der Waals surface area contributed by atoms with Crippen molar-refractivity contribution in [3.8, 4) is 5.69 Å². The van der Waals surface area contributed by atoms with E-state index in [1.165, 1.54) is 11.8 Å². The van der Waals surface area contributed by atoms with Gasteiger partial charge in [0.25, 0.3) is 0 Å². The molecular formula is C20H28ClN5O2S. The predicted molar refractivity (Wildman–Crippen MR) is 116 cm³/mol.